The minimum absolute atomic E-state index is 0.205. The highest BCUT2D eigenvalue weighted by Crippen LogP contribution is 2.29. The Hall–Kier alpha value is -1.53. The quantitative estimate of drug-likeness (QED) is 0.757. The van der Waals surface area contributed by atoms with Gasteiger partial charge in [-0.3, -0.25) is 4.90 Å². The fourth-order valence-corrected chi connectivity index (χ4v) is 3.10. The van der Waals surface area contributed by atoms with Gasteiger partial charge in [0, 0.05) is 63.7 Å². The van der Waals surface area contributed by atoms with Gasteiger partial charge in [-0.1, -0.05) is 0 Å². The molecule has 0 saturated carbocycles. The normalized spacial score (nSPS) is 23.0. The van der Waals surface area contributed by atoms with Crippen LogP contribution in [0.1, 0.15) is 12.8 Å². The maximum Gasteiger partial charge on any atom is 0.225 e. The van der Waals surface area contributed by atoms with Crippen molar-refractivity contribution in [1.82, 2.24) is 14.9 Å². The SMILES string of the molecule is O=CC1(CN2CCN(c3ncccn3)CC2)CCOCC1. The van der Waals surface area contributed by atoms with Crippen molar-refractivity contribution in [1.29, 1.82) is 0 Å². The zero-order valence-electron chi connectivity index (χ0n) is 12.3. The molecular weight excluding hydrogens is 268 g/mol. The van der Waals surface area contributed by atoms with Gasteiger partial charge in [0.1, 0.15) is 6.29 Å². The number of carbonyl (C=O) groups excluding carboxylic acids is 1. The molecule has 0 radical (unpaired) electrons. The third kappa shape index (κ3) is 3.39. The Labute approximate surface area is 125 Å². The van der Waals surface area contributed by atoms with E-state index in [0.717, 1.165) is 57.8 Å². The van der Waals surface area contributed by atoms with Crippen LogP contribution in [0.25, 0.3) is 0 Å². The van der Waals surface area contributed by atoms with E-state index < -0.39 is 0 Å². The van der Waals surface area contributed by atoms with Crippen molar-refractivity contribution in [3.63, 3.8) is 0 Å². The molecule has 2 aliphatic heterocycles. The molecule has 1 aromatic heterocycles. The van der Waals surface area contributed by atoms with Crippen molar-refractivity contribution in [3.05, 3.63) is 18.5 Å². The number of aldehydes is 1. The molecule has 3 heterocycles. The molecule has 114 valence electrons. The third-order valence-corrected chi connectivity index (χ3v) is 4.48. The maximum absolute atomic E-state index is 11.5. The van der Waals surface area contributed by atoms with Crippen LogP contribution in [0.2, 0.25) is 0 Å². The summed E-state index contributed by atoms with van der Waals surface area (Å²) in [6, 6.07) is 1.83. The van der Waals surface area contributed by atoms with E-state index in [1.807, 2.05) is 6.07 Å². The molecule has 0 aliphatic carbocycles. The zero-order chi connectivity index (χ0) is 14.5. The van der Waals surface area contributed by atoms with E-state index in [2.05, 4.69) is 19.8 Å². The van der Waals surface area contributed by atoms with Crippen molar-refractivity contribution in [3.8, 4) is 0 Å². The Balaban J connectivity index is 1.55. The number of rotatable bonds is 4. The van der Waals surface area contributed by atoms with Crippen LogP contribution in [0, 0.1) is 5.41 Å². The van der Waals surface area contributed by atoms with Gasteiger partial charge < -0.3 is 14.4 Å². The number of hydrogen-bond donors (Lipinski definition) is 0. The summed E-state index contributed by atoms with van der Waals surface area (Å²) in [5, 5.41) is 0. The molecule has 6 heteroatoms. The van der Waals surface area contributed by atoms with E-state index in [-0.39, 0.29) is 5.41 Å². The van der Waals surface area contributed by atoms with Crippen molar-refractivity contribution >= 4 is 12.2 Å². The number of nitrogens with zero attached hydrogens (tertiary/aromatic N) is 4. The van der Waals surface area contributed by atoms with Crippen LogP contribution in [-0.2, 0) is 9.53 Å². The molecular formula is C15H22N4O2. The van der Waals surface area contributed by atoms with Gasteiger partial charge in [0.2, 0.25) is 5.95 Å². The minimum atomic E-state index is -0.205. The lowest BCUT2D eigenvalue weighted by Crippen LogP contribution is -2.51. The largest absolute Gasteiger partial charge is 0.381 e. The summed E-state index contributed by atoms with van der Waals surface area (Å²) in [5.74, 6) is 0.799. The number of ether oxygens (including phenoxy) is 1. The lowest BCUT2D eigenvalue weighted by Gasteiger charge is -2.40. The minimum Gasteiger partial charge on any atom is -0.381 e. The second kappa shape index (κ2) is 6.49. The topological polar surface area (TPSA) is 58.6 Å². The van der Waals surface area contributed by atoms with Crippen molar-refractivity contribution in [2.75, 3.05) is 50.8 Å². The molecule has 0 amide bonds. The van der Waals surface area contributed by atoms with Gasteiger partial charge in [0.05, 0.1) is 0 Å². The highest BCUT2D eigenvalue weighted by molar-refractivity contribution is 5.60. The molecule has 0 bridgehead atoms. The molecule has 2 fully saturated rings. The first-order chi connectivity index (χ1) is 10.3. The summed E-state index contributed by atoms with van der Waals surface area (Å²) >= 11 is 0. The van der Waals surface area contributed by atoms with Gasteiger partial charge >= 0.3 is 0 Å². The predicted octanol–water partition coefficient (Wildman–Crippen LogP) is 0.594. The second-order valence-corrected chi connectivity index (χ2v) is 5.90. The Morgan fingerprint density at radius 1 is 1.14 bits per heavy atom. The van der Waals surface area contributed by atoms with Gasteiger partial charge in [0.25, 0.3) is 0 Å². The summed E-state index contributed by atoms with van der Waals surface area (Å²) < 4.78 is 5.39. The number of piperazine rings is 1. The van der Waals surface area contributed by atoms with Gasteiger partial charge in [-0.15, -0.1) is 0 Å². The van der Waals surface area contributed by atoms with Crippen LogP contribution in [0.15, 0.2) is 18.5 Å². The van der Waals surface area contributed by atoms with E-state index in [1.54, 1.807) is 12.4 Å². The van der Waals surface area contributed by atoms with Crippen LogP contribution >= 0.6 is 0 Å². The molecule has 0 aromatic carbocycles. The number of hydrogen-bond acceptors (Lipinski definition) is 6. The Bertz CT molecular complexity index is 454. The molecule has 2 saturated heterocycles. The lowest BCUT2D eigenvalue weighted by atomic mass is 9.81. The first-order valence-corrected chi connectivity index (χ1v) is 7.60. The molecule has 6 nitrogen and oxygen atoms in total. The van der Waals surface area contributed by atoms with E-state index in [1.165, 1.54) is 0 Å². The summed E-state index contributed by atoms with van der Waals surface area (Å²) in [4.78, 5) is 24.7. The monoisotopic (exact) mass is 290 g/mol. The number of carbonyl (C=O) groups is 1. The first kappa shape index (κ1) is 14.4. The Kier molecular flexibility index (Phi) is 4.45. The van der Waals surface area contributed by atoms with Gasteiger partial charge in [-0.25, -0.2) is 9.97 Å². The fraction of sp³-hybridized carbons (Fsp3) is 0.667. The summed E-state index contributed by atoms with van der Waals surface area (Å²) in [5.41, 5.74) is -0.205. The van der Waals surface area contributed by atoms with Crippen LogP contribution < -0.4 is 4.90 Å². The maximum atomic E-state index is 11.5. The van der Waals surface area contributed by atoms with Crippen molar-refractivity contribution in [2.24, 2.45) is 5.41 Å². The molecule has 1 aromatic rings. The standard InChI is InChI=1S/C15H22N4O2/c20-13-15(2-10-21-11-3-15)12-18-6-8-19(9-7-18)14-16-4-1-5-17-14/h1,4-5,13H,2-3,6-12H2. The van der Waals surface area contributed by atoms with Crippen LogP contribution in [0.4, 0.5) is 5.95 Å². The van der Waals surface area contributed by atoms with Gasteiger partial charge in [0.15, 0.2) is 0 Å². The van der Waals surface area contributed by atoms with E-state index in [0.29, 0.717) is 13.2 Å². The first-order valence-electron chi connectivity index (χ1n) is 7.60. The van der Waals surface area contributed by atoms with E-state index >= 15 is 0 Å². The highest BCUT2D eigenvalue weighted by atomic mass is 16.5. The highest BCUT2D eigenvalue weighted by Gasteiger charge is 2.35. The van der Waals surface area contributed by atoms with Crippen LogP contribution in [0.3, 0.4) is 0 Å². The summed E-state index contributed by atoms with van der Waals surface area (Å²) in [6.45, 7) is 5.99. The lowest BCUT2D eigenvalue weighted by molar-refractivity contribution is -0.123. The van der Waals surface area contributed by atoms with E-state index in [9.17, 15) is 4.79 Å². The Morgan fingerprint density at radius 2 is 1.81 bits per heavy atom. The molecule has 0 N–H and O–H groups in total. The third-order valence-electron chi connectivity index (χ3n) is 4.48. The average Bonchev–Trinajstić information content (AvgIpc) is 2.57. The number of aromatic nitrogens is 2. The zero-order valence-corrected chi connectivity index (χ0v) is 12.3. The molecule has 2 aliphatic rings. The van der Waals surface area contributed by atoms with E-state index in [4.69, 9.17) is 4.74 Å². The van der Waals surface area contributed by atoms with Gasteiger partial charge in [-0.2, -0.15) is 0 Å². The number of anilines is 1. The molecule has 21 heavy (non-hydrogen) atoms. The average molecular weight is 290 g/mol. The summed E-state index contributed by atoms with van der Waals surface area (Å²) in [6.07, 6.45) is 6.40. The van der Waals surface area contributed by atoms with Crippen LogP contribution in [-0.4, -0.2) is 67.1 Å². The predicted molar refractivity (Wildman–Crippen MR) is 79.2 cm³/mol. The second-order valence-electron chi connectivity index (χ2n) is 5.90. The van der Waals surface area contributed by atoms with Crippen molar-refractivity contribution in [2.45, 2.75) is 12.8 Å². The summed E-state index contributed by atoms with van der Waals surface area (Å²) in [7, 11) is 0. The molecule has 0 unspecified atom stereocenters. The van der Waals surface area contributed by atoms with Gasteiger partial charge in [-0.05, 0) is 18.9 Å². The molecule has 0 atom stereocenters. The fourth-order valence-electron chi connectivity index (χ4n) is 3.10. The Morgan fingerprint density at radius 3 is 2.43 bits per heavy atom. The molecule has 0 spiro atoms. The molecule has 3 rings (SSSR count). The van der Waals surface area contributed by atoms with Crippen LogP contribution in [0.5, 0.6) is 0 Å². The van der Waals surface area contributed by atoms with Crippen molar-refractivity contribution < 1.29 is 9.53 Å². The smallest absolute Gasteiger partial charge is 0.225 e.